The predicted octanol–water partition coefficient (Wildman–Crippen LogP) is 0.903. The zero-order valence-corrected chi connectivity index (χ0v) is 13.1. The molecular formula is C12H14BrN5O3. The van der Waals surface area contributed by atoms with Crippen LogP contribution in [0.4, 0.5) is 0 Å². The van der Waals surface area contributed by atoms with Gasteiger partial charge < -0.3 is 4.74 Å². The molecule has 0 saturated carbocycles. The number of halogens is 1. The summed E-state index contributed by atoms with van der Waals surface area (Å²) in [5, 5.41) is 9.26. The fourth-order valence-corrected chi connectivity index (χ4v) is 2.45. The van der Waals surface area contributed by atoms with Crippen LogP contribution in [0.1, 0.15) is 16.8 Å². The van der Waals surface area contributed by atoms with Gasteiger partial charge in [-0.15, -0.1) is 0 Å². The molecular weight excluding hydrogens is 342 g/mol. The van der Waals surface area contributed by atoms with E-state index in [1.54, 1.807) is 16.9 Å². The predicted molar refractivity (Wildman–Crippen MR) is 77.3 cm³/mol. The molecule has 1 N–H and O–H groups in total. The number of fused-ring (bicyclic) bond motifs is 1. The highest BCUT2D eigenvalue weighted by atomic mass is 79.9. The summed E-state index contributed by atoms with van der Waals surface area (Å²) in [7, 11) is 2.95. The van der Waals surface area contributed by atoms with Crippen molar-refractivity contribution in [2.45, 2.75) is 6.35 Å². The minimum Gasteiger partial charge on any atom is -0.342 e. The van der Waals surface area contributed by atoms with Gasteiger partial charge >= 0.3 is 0 Å². The van der Waals surface area contributed by atoms with Gasteiger partial charge in [-0.1, -0.05) is 0 Å². The van der Waals surface area contributed by atoms with Gasteiger partial charge in [0.15, 0.2) is 11.3 Å². The highest BCUT2D eigenvalue weighted by molar-refractivity contribution is 9.10. The Balaban J connectivity index is 2.14. The summed E-state index contributed by atoms with van der Waals surface area (Å²) in [6, 6.07) is 1.80. The number of hydrogen-bond acceptors (Lipinski definition) is 6. The highest BCUT2D eigenvalue weighted by Crippen LogP contribution is 2.25. The SMILES string of the molecule is CON(C)C(=O)c1nn(C2NCCO2)c2ncc(Br)cc12. The first-order chi connectivity index (χ1) is 10.1. The Labute approximate surface area is 129 Å². The second kappa shape index (κ2) is 5.68. The van der Waals surface area contributed by atoms with E-state index in [1.165, 1.54) is 14.2 Å². The Morgan fingerprint density at radius 2 is 2.48 bits per heavy atom. The number of hydroxylamine groups is 2. The number of rotatable bonds is 3. The third-order valence-electron chi connectivity index (χ3n) is 3.19. The number of nitrogens with zero attached hydrogens (tertiary/aromatic N) is 4. The van der Waals surface area contributed by atoms with E-state index in [2.05, 4.69) is 31.3 Å². The average molecular weight is 356 g/mol. The lowest BCUT2D eigenvalue weighted by atomic mass is 10.2. The van der Waals surface area contributed by atoms with Gasteiger partial charge in [-0.05, 0) is 22.0 Å². The van der Waals surface area contributed by atoms with Crippen LogP contribution in [-0.2, 0) is 9.57 Å². The van der Waals surface area contributed by atoms with E-state index >= 15 is 0 Å². The second-order valence-corrected chi connectivity index (χ2v) is 5.40. The quantitative estimate of drug-likeness (QED) is 0.824. The van der Waals surface area contributed by atoms with E-state index in [0.717, 1.165) is 16.1 Å². The number of amides is 1. The fraction of sp³-hybridized carbons (Fsp3) is 0.417. The van der Waals surface area contributed by atoms with Crippen LogP contribution in [0.2, 0.25) is 0 Å². The van der Waals surface area contributed by atoms with Gasteiger partial charge in [-0.3, -0.25) is 14.9 Å². The summed E-state index contributed by atoms with van der Waals surface area (Å²) < 4.78 is 7.88. The van der Waals surface area contributed by atoms with Crippen molar-refractivity contribution in [2.75, 3.05) is 27.3 Å². The van der Waals surface area contributed by atoms with Gasteiger partial charge in [0.05, 0.1) is 19.1 Å². The monoisotopic (exact) mass is 355 g/mol. The Hall–Kier alpha value is -1.55. The number of hydrogen-bond donors (Lipinski definition) is 1. The van der Waals surface area contributed by atoms with E-state index in [-0.39, 0.29) is 11.6 Å². The number of nitrogens with one attached hydrogen (secondary N) is 1. The maximum atomic E-state index is 12.3. The number of carbonyl (C=O) groups excluding carboxylic acids is 1. The van der Waals surface area contributed by atoms with Gasteiger partial charge in [-0.25, -0.2) is 14.7 Å². The first-order valence-electron chi connectivity index (χ1n) is 6.32. The largest absolute Gasteiger partial charge is 0.342 e. The molecule has 1 atom stereocenters. The summed E-state index contributed by atoms with van der Waals surface area (Å²) in [6.07, 6.45) is 1.24. The minimum absolute atomic E-state index is 0.264. The van der Waals surface area contributed by atoms with Gasteiger partial charge in [-0.2, -0.15) is 5.10 Å². The molecule has 1 aliphatic rings. The lowest BCUT2D eigenvalue weighted by molar-refractivity contribution is -0.0760. The van der Waals surface area contributed by atoms with Crippen molar-refractivity contribution in [3.63, 3.8) is 0 Å². The first kappa shape index (κ1) is 14.4. The lowest BCUT2D eigenvalue weighted by Gasteiger charge is -2.12. The van der Waals surface area contributed by atoms with Crippen molar-refractivity contribution >= 4 is 32.9 Å². The maximum Gasteiger partial charge on any atom is 0.298 e. The van der Waals surface area contributed by atoms with E-state index in [4.69, 9.17) is 9.57 Å². The summed E-state index contributed by atoms with van der Waals surface area (Å²) in [6.45, 7) is 1.31. The maximum absolute atomic E-state index is 12.3. The van der Waals surface area contributed by atoms with Gasteiger partial charge in [0.1, 0.15) is 0 Å². The molecule has 1 fully saturated rings. The van der Waals surface area contributed by atoms with Crippen LogP contribution < -0.4 is 5.32 Å². The molecule has 1 unspecified atom stereocenters. The van der Waals surface area contributed by atoms with Crippen molar-refractivity contribution < 1.29 is 14.4 Å². The summed E-state index contributed by atoms with van der Waals surface area (Å²) in [5.74, 6) is -0.348. The molecule has 3 rings (SSSR count). The fourth-order valence-electron chi connectivity index (χ4n) is 2.12. The molecule has 0 spiro atoms. The van der Waals surface area contributed by atoms with Gasteiger partial charge in [0.2, 0.25) is 6.35 Å². The van der Waals surface area contributed by atoms with E-state index in [1.807, 2.05) is 0 Å². The number of carbonyl (C=O) groups is 1. The van der Waals surface area contributed by atoms with Crippen LogP contribution >= 0.6 is 15.9 Å². The van der Waals surface area contributed by atoms with Crippen LogP contribution in [0.15, 0.2) is 16.7 Å². The number of aromatic nitrogens is 3. The van der Waals surface area contributed by atoms with Crippen molar-refractivity contribution in [2.24, 2.45) is 0 Å². The van der Waals surface area contributed by atoms with Crippen molar-refractivity contribution in [1.29, 1.82) is 0 Å². The minimum atomic E-state index is -0.421. The topological polar surface area (TPSA) is 81.5 Å². The molecule has 8 nitrogen and oxygen atoms in total. The number of pyridine rings is 1. The molecule has 3 heterocycles. The molecule has 2 aromatic rings. The molecule has 1 aliphatic heterocycles. The molecule has 21 heavy (non-hydrogen) atoms. The molecule has 1 saturated heterocycles. The summed E-state index contributed by atoms with van der Waals surface area (Å²) in [4.78, 5) is 21.6. The van der Waals surface area contributed by atoms with Crippen molar-refractivity contribution in [3.8, 4) is 0 Å². The standard InChI is InChI=1S/C12H14BrN5O3/c1-17(20-2)11(19)9-8-5-7(13)6-15-10(8)18(16-9)12-14-3-4-21-12/h5-6,12,14H,3-4H2,1-2H3. The van der Waals surface area contributed by atoms with E-state index < -0.39 is 6.35 Å². The molecule has 112 valence electrons. The average Bonchev–Trinajstić information content (AvgIpc) is 3.12. The lowest BCUT2D eigenvalue weighted by Crippen LogP contribution is -2.27. The highest BCUT2D eigenvalue weighted by Gasteiger charge is 2.26. The Morgan fingerprint density at radius 1 is 1.67 bits per heavy atom. The van der Waals surface area contributed by atoms with E-state index in [9.17, 15) is 4.79 Å². The smallest absolute Gasteiger partial charge is 0.298 e. The van der Waals surface area contributed by atoms with Crippen molar-refractivity contribution in [3.05, 3.63) is 22.4 Å². The Kier molecular flexibility index (Phi) is 3.89. The van der Waals surface area contributed by atoms with Crippen LogP contribution in [0, 0.1) is 0 Å². The van der Waals surface area contributed by atoms with Gasteiger partial charge in [0.25, 0.3) is 5.91 Å². The van der Waals surface area contributed by atoms with Crippen molar-refractivity contribution in [1.82, 2.24) is 25.1 Å². The third kappa shape index (κ3) is 2.53. The van der Waals surface area contributed by atoms with Crippen LogP contribution in [0.3, 0.4) is 0 Å². The second-order valence-electron chi connectivity index (χ2n) is 4.48. The normalized spacial score (nSPS) is 18.3. The number of ether oxygens (including phenoxy) is 1. The van der Waals surface area contributed by atoms with Crippen LogP contribution in [0.5, 0.6) is 0 Å². The van der Waals surface area contributed by atoms with Crippen LogP contribution in [-0.4, -0.2) is 53.0 Å². The first-order valence-corrected chi connectivity index (χ1v) is 7.12. The molecule has 0 radical (unpaired) electrons. The molecule has 0 bridgehead atoms. The van der Waals surface area contributed by atoms with Gasteiger partial charge in [0, 0.05) is 24.3 Å². The molecule has 0 aliphatic carbocycles. The third-order valence-corrected chi connectivity index (χ3v) is 3.63. The molecule has 1 amide bonds. The van der Waals surface area contributed by atoms with E-state index in [0.29, 0.717) is 17.6 Å². The zero-order valence-electron chi connectivity index (χ0n) is 11.5. The van der Waals surface area contributed by atoms with Crippen LogP contribution in [0.25, 0.3) is 11.0 Å². The summed E-state index contributed by atoms with van der Waals surface area (Å²) >= 11 is 3.36. The molecule has 9 heteroatoms. The summed E-state index contributed by atoms with van der Waals surface area (Å²) in [5.41, 5.74) is 0.839. The Bertz CT molecular complexity index is 683. The Morgan fingerprint density at radius 3 is 3.14 bits per heavy atom. The molecule has 0 aromatic carbocycles. The zero-order chi connectivity index (χ0) is 15.0. The molecule has 2 aromatic heterocycles.